The summed E-state index contributed by atoms with van der Waals surface area (Å²) in [6.07, 6.45) is 1.68. The first-order chi connectivity index (χ1) is 8.66. The van der Waals surface area contributed by atoms with E-state index >= 15 is 0 Å². The third-order valence-corrected chi connectivity index (χ3v) is 3.04. The van der Waals surface area contributed by atoms with Crippen LogP contribution in [0, 0.1) is 0 Å². The lowest BCUT2D eigenvalue weighted by atomic mass is 10.1. The quantitative estimate of drug-likeness (QED) is 0.703. The average Bonchev–Trinajstić information content (AvgIpc) is 2.67. The number of benzene rings is 1. The first-order valence-corrected chi connectivity index (χ1v) is 5.73. The third-order valence-electron chi connectivity index (χ3n) is 2.79. The van der Waals surface area contributed by atoms with Crippen molar-refractivity contribution in [3.8, 4) is 11.3 Å². The van der Waals surface area contributed by atoms with Crippen LogP contribution in [0.2, 0.25) is 5.02 Å². The molecule has 0 aliphatic rings. The Labute approximate surface area is 108 Å². The predicted octanol–water partition coefficient (Wildman–Crippen LogP) is 3.31. The number of furan rings is 1. The molecule has 0 saturated heterocycles. The molecule has 90 valence electrons. The van der Waals surface area contributed by atoms with Gasteiger partial charge in [-0.1, -0.05) is 23.7 Å². The molecule has 0 radical (unpaired) electrons. The molecule has 4 N–H and O–H groups in total. The first-order valence-electron chi connectivity index (χ1n) is 5.35. The Morgan fingerprint density at radius 1 is 1.06 bits per heavy atom. The van der Waals surface area contributed by atoms with E-state index in [0.717, 1.165) is 10.9 Å². The third kappa shape index (κ3) is 1.58. The normalized spacial score (nSPS) is 10.9. The monoisotopic (exact) mass is 259 g/mol. The number of nitrogen functional groups attached to an aromatic ring is 2. The van der Waals surface area contributed by atoms with Gasteiger partial charge in [0.05, 0.1) is 0 Å². The van der Waals surface area contributed by atoms with Gasteiger partial charge < -0.3 is 15.9 Å². The molecular weight excluding hydrogens is 250 g/mol. The lowest BCUT2D eigenvalue weighted by molar-refractivity contribution is 0.638. The Morgan fingerprint density at radius 3 is 2.50 bits per heavy atom. The average molecular weight is 260 g/mol. The van der Waals surface area contributed by atoms with E-state index in [4.69, 9.17) is 27.5 Å². The van der Waals surface area contributed by atoms with Gasteiger partial charge in [-0.2, -0.15) is 0 Å². The molecule has 0 amide bonds. The molecule has 0 aliphatic heterocycles. The fourth-order valence-electron chi connectivity index (χ4n) is 1.87. The molecule has 5 heteroatoms. The highest BCUT2D eigenvalue weighted by Crippen LogP contribution is 2.35. The second-order valence-corrected chi connectivity index (χ2v) is 4.36. The number of rotatable bonds is 1. The smallest absolute Gasteiger partial charge is 0.214 e. The van der Waals surface area contributed by atoms with Gasteiger partial charge in [0, 0.05) is 22.2 Å². The van der Waals surface area contributed by atoms with Crippen molar-refractivity contribution in [3.05, 3.63) is 41.6 Å². The van der Waals surface area contributed by atoms with Crippen molar-refractivity contribution in [1.29, 1.82) is 0 Å². The lowest BCUT2D eigenvalue weighted by Gasteiger charge is -2.01. The van der Waals surface area contributed by atoms with Gasteiger partial charge in [0.25, 0.3) is 0 Å². The minimum Gasteiger partial charge on any atom is -0.436 e. The second-order valence-electron chi connectivity index (χ2n) is 3.92. The molecule has 0 atom stereocenters. The van der Waals surface area contributed by atoms with E-state index in [1.54, 1.807) is 24.4 Å². The summed E-state index contributed by atoms with van der Waals surface area (Å²) in [5.74, 6) is 0.216. The molecule has 0 bridgehead atoms. The summed E-state index contributed by atoms with van der Waals surface area (Å²) in [4.78, 5) is 4.31. The molecule has 0 unspecified atom stereocenters. The van der Waals surface area contributed by atoms with E-state index in [0.29, 0.717) is 22.0 Å². The molecule has 2 heterocycles. The van der Waals surface area contributed by atoms with E-state index in [1.165, 1.54) is 0 Å². The fourth-order valence-corrected chi connectivity index (χ4v) is 2.00. The van der Waals surface area contributed by atoms with Crippen molar-refractivity contribution >= 4 is 34.1 Å². The molecule has 0 spiro atoms. The van der Waals surface area contributed by atoms with Gasteiger partial charge in [-0.15, -0.1) is 0 Å². The van der Waals surface area contributed by atoms with Crippen LogP contribution < -0.4 is 11.5 Å². The van der Waals surface area contributed by atoms with Crippen LogP contribution in [0.15, 0.2) is 40.9 Å². The number of halogens is 1. The van der Waals surface area contributed by atoms with Gasteiger partial charge in [-0.05, 0) is 18.2 Å². The maximum absolute atomic E-state index is 5.86. The topological polar surface area (TPSA) is 78.1 Å². The highest BCUT2D eigenvalue weighted by atomic mass is 35.5. The van der Waals surface area contributed by atoms with Crippen LogP contribution >= 0.6 is 11.6 Å². The molecule has 0 fully saturated rings. The van der Waals surface area contributed by atoms with Crippen LogP contribution in [-0.2, 0) is 0 Å². The Hall–Kier alpha value is -2.20. The molecule has 3 rings (SSSR count). The molecule has 3 aromatic rings. The zero-order valence-corrected chi connectivity index (χ0v) is 10.1. The number of pyridine rings is 1. The van der Waals surface area contributed by atoms with Gasteiger partial charge in [0.2, 0.25) is 5.88 Å². The highest BCUT2D eigenvalue weighted by Gasteiger charge is 2.14. The van der Waals surface area contributed by atoms with Crippen LogP contribution in [0.1, 0.15) is 0 Å². The van der Waals surface area contributed by atoms with Crippen LogP contribution in [0.4, 0.5) is 11.6 Å². The Kier molecular flexibility index (Phi) is 2.38. The number of hydrogen-bond acceptors (Lipinski definition) is 4. The number of nitrogens with two attached hydrogens (primary N) is 2. The van der Waals surface area contributed by atoms with Crippen molar-refractivity contribution in [1.82, 2.24) is 4.98 Å². The van der Waals surface area contributed by atoms with E-state index < -0.39 is 0 Å². The van der Waals surface area contributed by atoms with Gasteiger partial charge in [-0.3, -0.25) is 4.98 Å². The molecule has 1 aromatic carbocycles. The molecule has 0 saturated carbocycles. The van der Waals surface area contributed by atoms with Crippen molar-refractivity contribution in [3.63, 3.8) is 0 Å². The summed E-state index contributed by atoms with van der Waals surface area (Å²) in [7, 11) is 0. The Bertz CT molecular complexity index is 719. The number of anilines is 2. The van der Waals surface area contributed by atoms with Crippen LogP contribution in [0.3, 0.4) is 0 Å². The van der Waals surface area contributed by atoms with Gasteiger partial charge in [0.15, 0.2) is 5.58 Å². The number of nitrogens with zero attached hydrogens (tertiary/aromatic N) is 1. The number of aromatic nitrogens is 1. The lowest BCUT2D eigenvalue weighted by Crippen LogP contribution is -1.89. The Balaban J connectivity index is 2.29. The summed E-state index contributed by atoms with van der Waals surface area (Å²) < 4.78 is 5.47. The van der Waals surface area contributed by atoms with Gasteiger partial charge >= 0.3 is 0 Å². The van der Waals surface area contributed by atoms with Gasteiger partial charge in [-0.25, -0.2) is 0 Å². The minimum absolute atomic E-state index is 0.216. The summed E-state index contributed by atoms with van der Waals surface area (Å²) in [5, 5.41) is 1.44. The minimum atomic E-state index is 0.216. The van der Waals surface area contributed by atoms with E-state index in [1.807, 2.05) is 12.1 Å². The number of fused-ring (bicyclic) bond motifs is 1. The van der Waals surface area contributed by atoms with Crippen molar-refractivity contribution in [2.75, 3.05) is 11.5 Å². The summed E-state index contributed by atoms with van der Waals surface area (Å²) in [5.41, 5.74) is 14.2. The van der Waals surface area contributed by atoms with E-state index in [-0.39, 0.29) is 5.88 Å². The van der Waals surface area contributed by atoms with Crippen LogP contribution in [-0.4, -0.2) is 4.98 Å². The SMILES string of the molecule is Nc1oc2c(-c3ccc(Cl)cc3)nccc2c1N. The zero-order valence-electron chi connectivity index (χ0n) is 9.35. The van der Waals surface area contributed by atoms with Gasteiger partial charge in [0.1, 0.15) is 11.4 Å². The highest BCUT2D eigenvalue weighted by molar-refractivity contribution is 6.30. The Morgan fingerprint density at radius 2 is 1.78 bits per heavy atom. The predicted molar refractivity (Wildman–Crippen MR) is 73.3 cm³/mol. The maximum atomic E-state index is 5.86. The molecular formula is C13H10ClN3O. The summed E-state index contributed by atoms with van der Waals surface area (Å²) in [6.45, 7) is 0. The number of hydrogen-bond donors (Lipinski definition) is 2. The molecule has 18 heavy (non-hydrogen) atoms. The fraction of sp³-hybridized carbons (Fsp3) is 0. The maximum Gasteiger partial charge on any atom is 0.214 e. The van der Waals surface area contributed by atoms with Crippen LogP contribution in [0.25, 0.3) is 22.2 Å². The van der Waals surface area contributed by atoms with Crippen molar-refractivity contribution in [2.45, 2.75) is 0 Å². The molecule has 0 aliphatic carbocycles. The molecule has 2 aromatic heterocycles. The van der Waals surface area contributed by atoms with Crippen molar-refractivity contribution in [2.24, 2.45) is 0 Å². The molecule has 4 nitrogen and oxygen atoms in total. The van der Waals surface area contributed by atoms with E-state index in [2.05, 4.69) is 4.98 Å². The zero-order chi connectivity index (χ0) is 12.7. The largest absolute Gasteiger partial charge is 0.436 e. The summed E-state index contributed by atoms with van der Waals surface area (Å²) >= 11 is 5.86. The second kappa shape index (κ2) is 3.92. The summed E-state index contributed by atoms with van der Waals surface area (Å²) in [6, 6.07) is 9.13. The van der Waals surface area contributed by atoms with Crippen LogP contribution in [0.5, 0.6) is 0 Å². The van der Waals surface area contributed by atoms with Crippen molar-refractivity contribution < 1.29 is 4.42 Å². The standard InChI is InChI=1S/C13H10ClN3O/c14-8-3-1-7(2-4-8)11-12-9(5-6-17-11)10(15)13(16)18-12/h1-6H,15-16H2. The van der Waals surface area contributed by atoms with E-state index in [9.17, 15) is 0 Å². The first kappa shape index (κ1) is 10.9.